The predicted molar refractivity (Wildman–Crippen MR) is 163 cm³/mol. The van der Waals surface area contributed by atoms with E-state index in [4.69, 9.17) is 4.79 Å². The van der Waals surface area contributed by atoms with Crippen molar-refractivity contribution in [3.8, 4) is 0 Å². The Kier molecular flexibility index (Phi) is 13.3. The minimum Gasteiger partial charge on any atom is -0.480 e. The van der Waals surface area contributed by atoms with Crippen molar-refractivity contribution in [1.82, 2.24) is 9.80 Å². The van der Waals surface area contributed by atoms with Gasteiger partial charge in [0.1, 0.15) is 12.8 Å². The molecule has 1 fully saturated rings. The van der Waals surface area contributed by atoms with Crippen LogP contribution in [0.15, 0.2) is 66.7 Å². The molecule has 0 amide bonds. The average Bonchev–Trinajstić information content (AvgIpc) is 2.94. The van der Waals surface area contributed by atoms with Gasteiger partial charge in [-0.3, -0.25) is 19.3 Å². The number of carbonyl (C=O) groups excluding carboxylic acids is 3. The Hall–Kier alpha value is -3.94. The van der Waals surface area contributed by atoms with Gasteiger partial charge in [0.15, 0.2) is 11.6 Å². The average molecular weight is 559 g/mol. The van der Waals surface area contributed by atoms with Crippen LogP contribution in [0.1, 0.15) is 55.0 Å². The lowest BCUT2D eigenvalue weighted by molar-refractivity contribution is -0.144. The molecule has 1 aliphatic rings. The van der Waals surface area contributed by atoms with Crippen molar-refractivity contribution in [1.29, 1.82) is 0 Å². The number of piperazine rings is 1. The number of hydrogen-bond donors (Lipinski definition) is 1. The Morgan fingerprint density at radius 2 is 1.27 bits per heavy atom. The van der Waals surface area contributed by atoms with E-state index >= 15 is 0 Å². The van der Waals surface area contributed by atoms with Gasteiger partial charge in [-0.05, 0) is 57.0 Å². The van der Waals surface area contributed by atoms with E-state index in [1.54, 1.807) is 6.92 Å². The first-order valence-electron chi connectivity index (χ1n) is 13.8. The highest BCUT2D eigenvalue weighted by molar-refractivity contribution is 6.06. The summed E-state index contributed by atoms with van der Waals surface area (Å²) in [6, 6.07) is 20.8. The smallest absolute Gasteiger partial charge is 0.321 e. The van der Waals surface area contributed by atoms with Crippen molar-refractivity contribution >= 4 is 24.3 Å². The third kappa shape index (κ3) is 9.59. The molecule has 0 aromatic heterocycles. The summed E-state index contributed by atoms with van der Waals surface area (Å²) in [7, 11) is 2.01. The highest BCUT2D eigenvalue weighted by atomic mass is 16.4. The standard InChI is InChI=1S/C26H32N2O4.C7H8.CH2O/c1-17-14-18(2)25(19(3)24(17)22(29)15-20-8-6-5-7-9-20)23(30)16-21(26(31)32)28-12-10-27(4)11-13-28;1-7-5-3-2-4-6-7;1-2/h5-9,14,21H,10-13,15-16H2,1-4H3,(H,31,32);2-6H,1H3;1H2. The molecule has 0 aliphatic carbocycles. The van der Waals surface area contributed by atoms with Crippen LogP contribution < -0.4 is 0 Å². The largest absolute Gasteiger partial charge is 0.480 e. The number of nitrogens with zero attached hydrogens (tertiary/aromatic N) is 2. The van der Waals surface area contributed by atoms with Crippen molar-refractivity contribution in [2.24, 2.45) is 0 Å². The topological polar surface area (TPSA) is 95.0 Å². The van der Waals surface area contributed by atoms with Crippen LogP contribution in [0, 0.1) is 27.7 Å². The molecule has 1 heterocycles. The van der Waals surface area contributed by atoms with Crippen LogP contribution in [0.2, 0.25) is 0 Å². The van der Waals surface area contributed by atoms with E-state index in [0.717, 1.165) is 29.8 Å². The Bertz CT molecular complexity index is 1300. The molecular weight excluding hydrogens is 516 g/mol. The van der Waals surface area contributed by atoms with Crippen molar-refractivity contribution in [3.05, 3.63) is 106 Å². The van der Waals surface area contributed by atoms with Crippen LogP contribution in [-0.4, -0.2) is 78.5 Å². The summed E-state index contributed by atoms with van der Waals surface area (Å²) in [5.41, 5.74) is 5.56. The maximum Gasteiger partial charge on any atom is 0.321 e. The fourth-order valence-corrected chi connectivity index (χ4v) is 5.23. The third-order valence-electron chi connectivity index (χ3n) is 7.32. The fraction of sp³-hybridized carbons (Fsp3) is 0.353. The molecule has 0 saturated carbocycles. The highest BCUT2D eigenvalue weighted by Gasteiger charge is 2.32. The Labute approximate surface area is 243 Å². The zero-order valence-electron chi connectivity index (χ0n) is 24.9. The molecule has 1 N–H and O–H groups in total. The zero-order valence-corrected chi connectivity index (χ0v) is 24.9. The van der Waals surface area contributed by atoms with Crippen LogP contribution in [0.3, 0.4) is 0 Å². The molecule has 1 unspecified atom stereocenters. The summed E-state index contributed by atoms with van der Waals surface area (Å²) in [6.45, 7) is 12.4. The summed E-state index contributed by atoms with van der Waals surface area (Å²) in [6.07, 6.45) is 0.161. The predicted octanol–water partition coefficient (Wildman–Crippen LogP) is 5.12. The number of carbonyl (C=O) groups is 4. The molecule has 3 aromatic rings. The first kappa shape index (κ1) is 33.3. The molecular formula is C34H42N2O5. The monoisotopic (exact) mass is 558 g/mol. The highest BCUT2D eigenvalue weighted by Crippen LogP contribution is 2.26. The molecule has 0 spiro atoms. The van der Waals surface area contributed by atoms with Crippen LogP contribution >= 0.6 is 0 Å². The minimum absolute atomic E-state index is 0.0332. The van der Waals surface area contributed by atoms with Gasteiger partial charge in [0.25, 0.3) is 0 Å². The van der Waals surface area contributed by atoms with Gasteiger partial charge in [-0.2, -0.15) is 0 Å². The third-order valence-corrected chi connectivity index (χ3v) is 7.32. The van der Waals surface area contributed by atoms with E-state index in [2.05, 4.69) is 24.0 Å². The van der Waals surface area contributed by atoms with Gasteiger partial charge in [-0.15, -0.1) is 0 Å². The van der Waals surface area contributed by atoms with Crippen LogP contribution in [-0.2, 0) is 16.0 Å². The Balaban J connectivity index is 0.000000561. The normalized spacial score (nSPS) is 14.1. The molecule has 1 aliphatic heterocycles. The van der Waals surface area contributed by atoms with Crippen molar-refractivity contribution in [2.45, 2.75) is 46.6 Å². The molecule has 1 atom stereocenters. The number of hydrogen-bond acceptors (Lipinski definition) is 6. The van der Waals surface area contributed by atoms with Gasteiger partial charge in [-0.25, -0.2) is 0 Å². The molecule has 3 aromatic carbocycles. The molecule has 0 radical (unpaired) electrons. The van der Waals surface area contributed by atoms with Crippen molar-refractivity contribution in [3.63, 3.8) is 0 Å². The molecule has 1 saturated heterocycles. The second-order valence-electron chi connectivity index (χ2n) is 10.4. The van der Waals surface area contributed by atoms with E-state index in [-0.39, 0.29) is 24.4 Å². The minimum atomic E-state index is -0.981. The van der Waals surface area contributed by atoms with Gasteiger partial charge in [0, 0.05) is 50.1 Å². The van der Waals surface area contributed by atoms with Gasteiger partial charge < -0.3 is 14.8 Å². The van der Waals surface area contributed by atoms with Gasteiger partial charge in [0.2, 0.25) is 0 Å². The van der Waals surface area contributed by atoms with E-state index in [1.165, 1.54) is 5.56 Å². The molecule has 0 bridgehead atoms. The molecule has 218 valence electrons. The van der Waals surface area contributed by atoms with Crippen LogP contribution in [0.4, 0.5) is 0 Å². The fourth-order valence-electron chi connectivity index (χ4n) is 5.23. The number of Topliss-reactive ketones (excluding diaryl/α,β-unsaturated/α-hetero) is 2. The lowest BCUT2D eigenvalue weighted by Crippen LogP contribution is -2.52. The summed E-state index contributed by atoms with van der Waals surface area (Å²) in [5.74, 6) is -1.24. The summed E-state index contributed by atoms with van der Waals surface area (Å²) < 4.78 is 0. The van der Waals surface area contributed by atoms with Gasteiger partial charge >= 0.3 is 5.97 Å². The Morgan fingerprint density at radius 1 is 0.780 bits per heavy atom. The second kappa shape index (κ2) is 16.4. The van der Waals surface area contributed by atoms with Crippen LogP contribution in [0.5, 0.6) is 0 Å². The maximum absolute atomic E-state index is 13.3. The van der Waals surface area contributed by atoms with E-state index in [1.807, 2.05) is 87.2 Å². The van der Waals surface area contributed by atoms with E-state index in [0.29, 0.717) is 29.8 Å². The number of carboxylic acids is 1. The second-order valence-corrected chi connectivity index (χ2v) is 10.4. The SMILES string of the molecule is C=O.Cc1cc(C)c(C(=O)CC(C(=O)O)N2CCN(C)CC2)c(C)c1C(=O)Cc1ccccc1.Cc1ccccc1. The summed E-state index contributed by atoms with van der Waals surface area (Å²) in [5, 5.41) is 9.82. The molecule has 41 heavy (non-hydrogen) atoms. The number of likely N-dealkylation sites (N-methyl/N-ethyl adjacent to an activating group) is 1. The molecule has 7 nitrogen and oxygen atoms in total. The first-order chi connectivity index (χ1) is 19.6. The maximum atomic E-state index is 13.3. The quantitative estimate of drug-likeness (QED) is 0.384. The van der Waals surface area contributed by atoms with E-state index < -0.39 is 12.0 Å². The number of aliphatic carboxylic acids is 1. The number of ketones is 2. The van der Waals surface area contributed by atoms with Crippen molar-refractivity contribution < 1.29 is 24.3 Å². The summed E-state index contributed by atoms with van der Waals surface area (Å²) in [4.78, 5) is 50.5. The molecule has 4 rings (SSSR count). The van der Waals surface area contributed by atoms with Gasteiger partial charge in [0.05, 0.1) is 0 Å². The first-order valence-corrected chi connectivity index (χ1v) is 13.8. The Morgan fingerprint density at radius 3 is 1.73 bits per heavy atom. The molecule has 7 heteroatoms. The zero-order chi connectivity index (χ0) is 30.5. The van der Waals surface area contributed by atoms with Crippen molar-refractivity contribution in [2.75, 3.05) is 33.2 Å². The number of benzene rings is 3. The number of carboxylic acid groups (broad SMARTS) is 1. The summed E-state index contributed by atoms with van der Waals surface area (Å²) >= 11 is 0. The number of rotatable bonds is 8. The van der Waals surface area contributed by atoms with Crippen LogP contribution in [0.25, 0.3) is 0 Å². The van der Waals surface area contributed by atoms with Gasteiger partial charge in [-0.1, -0.05) is 72.3 Å². The van der Waals surface area contributed by atoms with E-state index in [9.17, 15) is 19.5 Å². The number of aryl methyl sites for hydroxylation is 3. The lowest BCUT2D eigenvalue weighted by atomic mass is 9.86. The lowest BCUT2D eigenvalue weighted by Gasteiger charge is -2.36.